The predicted molar refractivity (Wildman–Crippen MR) is 104 cm³/mol. The van der Waals surface area contributed by atoms with Gasteiger partial charge < -0.3 is 4.90 Å². The van der Waals surface area contributed by atoms with E-state index in [1.165, 1.54) is 6.07 Å². The molecule has 0 aliphatic rings. The molecule has 26 heavy (non-hydrogen) atoms. The maximum absolute atomic E-state index is 14.5. The SMILES string of the molecule is CCN(C)/C=N\c1cc(C)c(C(=O)C(F)(F)Sc2ccccc2)cc1C. The lowest BCUT2D eigenvalue weighted by atomic mass is 10.0. The second kappa shape index (κ2) is 8.45. The fraction of sp³-hybridized carbons (Fsp3) is 0.300. The van der Waals surface area contributed by atoms with Crippen LogP contribution < -0.4 is 0 Å². The molecule has 0 saturated carbocycles. The molecular formula is C20H22F2N2OS. The highest BCUT2D eigenvalue weighted by Gasteiger charge is 2.41. The van der Waals surface area contributed by atoms with Crippen molar-refractivity contribution >= 4 is 29.6 Å². The summed E-state index contributed by atoms with van der Waals surface area (Å²) in [5, 5.41) is -3.54. The Morgan fingerprint density at radius 2 is 1.85 bits per heavy atom. The van der Waals surface area contributed by atoms with Gasteiger partial charge in [-0.15, -0.1) is 0 Å². The van der Waals surface area contributed by atoms with Gasteiger partial charge in [0.15, 0.2) is 0 Å². The van der Waals surface area contributed by atoms with Gasteiger partial charge in [0.2, 0.25) is 5.78 Å². The van der Waals surface area contributed by atoms with Crippen LogP contribution in [0.5, 0.6) is 0 Å². The largest absolute Gasteiger partial charge is 0.366 e. The number of halogens is 2. The molecule has 0 fully saturated rings. The zero-order chi connectivity index (χ0) is 19.3. The highest BCUT2D eigenvalue weighted by molar-refractivity contribution is 8.01. The Kier molecular flexibility index (Phi) is 6.53. The minimum Gasteiger partial charge on any atom is -0.366 e. The van der Waals surface area contributed by atoms with E-state index in [1.54, 1.807) is 56.6 Å². The van der Waals surface area contributed by atoms with Crippen molar-refractivity contribution in [1.29, 1.82) is 0 Å². The van der Waals surface area contributed by atoms with Crippen LogP contribution in [-0.2, 0) is 0 Å². The van der Waals surface area contributed by atoms with Gasteiger partial charge in [0.25, 0.3) is 0 Å². The number of ketones is 1. The fourth-order valence-electron chi connectivity index (χ4n) is 2.27. The van der Waals surface area contributed by atoms with Crippen LogP contribution in [-0.4, -0.2) is 35.9 Å². The highest BCUT2D eigenvalue weighted by atomic mass is 32.2. The molecule has 0 spiro atoms. The molecular weight excluding hydrogens is 354 g/mol. The zero-order valence-corrected chi connectivity index (χ0v) is 16.1. The van der Waals surface area contributed by atoms with E-state index >= 15 is 0 Å². The predicted octanol–water partition coefficient (Wildman–Crippen LogP) is 5.48. The quantitative estimate of drug-likeness (QED) is 0.277. The number of hydrogen-bond donors (Lipinski definition) is 0. The Morgan fingerprint density at radius 3 is 2.46 bits per heavy atom. The van der Waals surface area contributed by atoms with Gasteiger partial charge in [-0.3, -0.25) is 4.79 Å². The van der Waals surface area contributed by atoms with Crippen LogP contribution in [0.25, 0.3) is 0 Å². The monoisotopic (exact) mass is 376 g/mol. The van der Waals surface area contributed by atoms with Crippen molar-refractivity contribution in [2.24, 2.45) is 4.99 Å². The number of alkyl halides is 2. The lowest BCUT2D eigenvalue weighted by molar-refractivity contribution is 0.0566. The third-order valence-electron chi connectivity index (χ3n) is 3.93. The van der Waals surface area contributed by atoms with E-state index in [1.807, 2.05) is 18.9 Å². The summed E-state index contributed by atoms with van der Waals surface area (Å²) in [6.07, 6.45) is 1.68. The van der Waals surface area contributed by atoms with Crippen LogP contribution in [0.3, 0.4) is 0 Å². The lowest BCUT2D eigenvalue weighted by Gasteiger charge is -2.17. The molecule has 0 aliphatic heterocycles. The van der Waals surface area contributed by atoms with Crippen molar-refractivity contribution in [2.75, 3.05) is 13.6 Å². The van der Waals surface area contributed by atoms with Gasteiger partial charge in [-0.05, 0) is 67.9 Å². The molecule has 0 aromatic heterocycles. The third kappa shape index (κ3) is 4.91. The summed E-state index contributed by atoms with van der Waals surface area (Å²) < 4.78 is 29.0. The Morgan fingerprint density at radius 1 is 1.19 bits per heavy atom. The number of rotatable bonds is 7. The first-order valence-corrected chi connectivity index (χ1v) is 9.08. The van der Waals surface area contributed by atoms with Crippen LogP contribution in [0.2, 0.25) is 0 Å². The minimum atomic E-state index is -3.54. The number of benzene rings is 2. The number of carbonyl (C=O) groups is 1. The number of aryl methyl sites for hydroxylation is 2. The molecule has 0 amide bonds. The van der Waals surface area contributed by atoms with Gasteiger partial charge in [0.05, 0.1) is 12.0 Å². The summed E-state index contributed by atoms with van der Waals surface area (Å²) >= 11 is 0.266. The summed E-state index contributed by atoms with van der Waals surface area (Å²) in [4.78, 5) is 19.1. The van der Waals surface area contributed by atoms with E-state index in [-0.39, 0.29) is 17.3 Å². The summed E-state index contributed by atoms with van der Waals surface area (Å²) in [5.74, 6) is -1.19. The van der Waals surface area contributed by atoms with Gasteiger partial charge in [0, 0.05) is 24.1 Å². The molecule has 0 bridgehead atoms. The normalized spacial score (nSPS) is 11.8. The van der Waals surface area contributed by atoms with Crippen molar-refractivity contribution in [3.63, 3.8) is 0 Å². The molecule has 2 rings (SSSR count). The van der Waals surface area contributed by atoms with Crippen LogP contribution in [0.4, 0.5) is 14.5 Å². The van der Waals surface area contributed by atoms with Gasteiger partial charge >= 0.3 is 5.25 Å². The Bertz CT molecular complexity index is 807. The highest BCUT2D eigenvalue weighted by Crippen LogP contribution is 2.39. The second-order valence-corrected chi connectivity index (χ2v) is 7.22. The van der Waals surface area contributed by atoms with Crippen molar-refractivity contribution < 1.29 is 13.6 Å². The molecule has 2 aromatic carbocycles. The molecule has 0 radical (unpaired) electrons. The molecule has 2 aromatic rings. The number of Topliss-reactive ketones (excluding diaryl/α,β-unsaturated/α-hetero) is 1. The van der Waals surface area contributed by atoms with E-state index < -0.39 is 11.0 Å². The standard InChI is InChI=1S/C20H22F2N2OS/c1-5-24(4)13-23-18-12-14(2)17(11-15(18)3)19(25)20(21,22)26-16-9-7-6-8-10-16/h6-13H,5H2,1-4H3/b23-13-. The van der Waals surface area contributed by atoms with Gasteiger partial charge in [-0.25, -0.2) is 4.99 Å². The summed E-state index contributed by atoms with van der Waals surface area (Å²) in [6, 6.07) is 11.4. The maximum atomic E-state index is 14.5. The maximum Gasteiger partial charge on any atom is 0.360 e. The summed E-state index contributed by atoms with van der Waals surface area (Å²) in [5.41, 5.74) is 1.86. The second-order valence-electron chi connectivity index (χ2n) is 6.03. The zero-order valence-electron chi connectivity index (χ0n) is 15.3. The van der Waals surface area contributed by atoms with E-state index in [9.17, 15) is 13.6 Å². The molecule has 0 heterocycles. The number of nitrogens with zero attached hydrogens (tertiary/aromatic N) is 2. The van der Waals surface area contributed by atoms with Gasteiger partial charge in [-0.1, -0.05) is 18.2 Å². The minimum absolute atomic E-state index is 0.0266. The average molecular weight is 376 g/mol. The van der Waals surface area contributed by atoms with Crippen molar-refractivity contribution in [3.05, 3.63) is 59.2 Å². The van der Waals surface area contributed by atoms with Gasteiger partial charge in [-0.2, -0.15) is 8.78 Å². The lowest BCUT2D eigenvalue weighted by Crippen LogP contribution is -2.25. The van der Waals surface area contributed by atoms with Crippen LogP contribution in [0, 0.1) is 13.8 Å². The molecule has 3 nitrogen and oxygen atoms in total. The molecule has 0 aliphatic carbocycles. The van der Waals surface area contributed by atoms with E-state index in [0.717, 1.165) is 6.54 Å². The van der Waals surface area contributed by atoms with Crippen molar-refractivity contribution in [2.45, 2.75) is 30.9 Å². The Hall–Kier alpha value is -2.21. The molecule has 0 unspecified atom stereocenters. The molecule has 138 valence electrons. The summed E-state index contributed by atoms with van der Waals surface area (Å²) in [6.45, 7) is 6.22. The van der Waals surface area contributed by atoms with E-state index in [0.29, 0.717) is 21.7 Å². The number of aliphatic imine (C=N–C) groups is 1. The topological polar surface area (TPSA) is 32.7 Å². The first-order valence-electron chi connectivity index (χ1n) is 8.27. The van der Waals surface area contributed by atoms with Crippen molar-refractivity contribution in [1.82, 2.24) is 4.90 Å². The molecule has 6 heteroatoms. The van der Waals surface area contributed by atoms with Crippen LogP contribution in [0.1, 0.15) is 28.4 Å². The van der Waals surface area contributed by atoms with E-state index in [4.69, 9.17) is 0 Å². The molecule has 0 atom stereocenters. The average Bonchev–Trinajstić information content (AvgIpc) is 2.61. The number of thioether (sulfide) groups is 1. The van der Waals surface area contributed by atoms with Crippen LogP contribution >= 0.6 is 11.8 Å². The number of carbonyl (C=O) groups excluding carboxylic acids is 1. The fourth-order valence-corrected chi connectivity index (χ4v) is 3.06. The van der Waals surface area contributed by atoms with E-state index in [2.05, 4.69) is 4.99 Å². The molecule has 0 N–H and O–H groups in total. The Balaban J connectivity index is 2.28. The van der Waals surface area contributed by atoms with Crippen molar-refractivity contribution in [3.8, 4) is 0 Å². The summed E-state index contributed by atoms with van der Waals surface area (Å²) in [7, 11) is 1.89. The van der Waals surface area contributed by atoms with Gasteiger partial charge in [0.1, 0.15) is 0 Å². The smallest absolute Gasteiger partial charge is 0.360 e. The van der Waals surface area contributed by atoms with Crippen LogP contribution in [0.15, 0.2) is 52.4 Å². The third-order valence-corrected chi connectivity index (χ3v) is 4.88. The first kappa shape index (κ1) is 20.1. The molecule has 0 saturated heterocycles. The first-order chi connectivity index (χ1) is 12.2. The number of hydrogen-bond acceptors (Lipinski definition) is 3. The Labute approximate surface area is 157 Å².